The molecule has 5 heteroatoms. The summed E-state index contributed by atoms with van der Waals surface area (Å²) in [5.74, 6) is 0.766. The summed E-state index contributed by atoms with van der Waals surface area (Å²) in [6.45, 7) is 1.76. The van der Waals surface area contributed by atoms with Gasteiger partial charge in [-0.1, -0.05) is 42.1 Å². The Hall–Kier alpha value is -1.59. The molecule has 0 aliphatic heterocycles. The van der Waals surface area contributed by atoms with E-state index in [2.05, 4.69) is 9.97 Å². The third-order valence-corrected chi connectivity index (χ3v) is 3.73. The van der Waals surface area contributed by atoms with Gasteiger partial charge in [0.2, 0.25) is 0 Å². The molecule has 0 bridgehead atoms. The van der Waals surface area contributed by atoms with E-state index in [-0.39, 0.29) is 12.2 Å². The van der Waals surface area contributed by atoms with Crippen LogP contribution in [-0.2, 0) is 12.2 Å². The Labute approximate surface area is 115 Å². The Morgan fingerprint density at radius 3 is 2.68 bits per heavy atom. The number of aliphatic hydroxyl groups is 1. The lowest BCUT2D eigenvalue weighted by atomic mass is 10.2. The molecular formula is C14H16N2O2S. The molecule has 1 heterocycles. The Kier molecular flexibility index (Phi) is 4.76. The number of aliphatic hydroxyl groups excluding tert-OH is 1. The molecule has 0 aliphatic carbocycles. The molecule has 2 aromatic rings. The highest BCUT2D eigenvalue weighted by atomic mass is 32.2. The first kappa shape index (κ1) is 13.8. The molecule has 0 unspecified atom stereocenters. The maximum atomic E-state index is 11.8. The summed E-state index contributed by atoms with van der Waals surface area (Å²) in [4.78, 5) is 19.0. The number of benzene rings is 1. The van der Waals surface area contributed by atoms with Crippen molar-refractivity contribution in [1.82, 2.24) is 9.97 Å². The quantitative estimate of drug-likeness (QED) is 0.646. The van der Waals surface area contributed by atoms with Gasteiger partial charge in [-0.15, -0.1) is 0 Å². The van der Waals surface area contributed by atoms with Crippen molar-refractivity contribution >= 4 is 11.8 Å². The third kappa shape index (κ3) is 3.68. The number of nitrogens with one attached hydrogen (secondary N) is 1. The van der Waals surface area contributed by atoms with E-state index in [0.717, 1.165) is 5.75 Å². The van der Waals surface area contributed by atoms with Crippen LogP contribution >= 0.6 is 11.8 Å². The first-order valence-corrected chi connectivity index (χ1v) is 7.06. The fourth-order valence-electron chi connectivity index (χ4n) is 1.79. The summed E-state index contributed by atoms with van der Waals surface area (Å²) in [5.41, 5.74) is 2.28. The third-order valence-electron chi connectivity index (χ3n) is 2.78. The predicted octanol–water partition coefficient (Wildman–Crippen LogP) is 1.91. The number of rotatable bonds is 5. The normalized spacial score (nSPS) is 10.6. The van der Waals surface area contributed by atoms with E-state index in [4.69, 9.17) is 5.11 Å². The van der Waals surface area contributed by atoms with E-state index in [1.165, 1.54) is 17.3 Å². The van der Waals surface area contributed by atoms with Crippen LogP contribution in [0, 0.1) is 6.92 Å². The number of aromatic amines is 1. The van der Waals surface area contributed by atoms with Gasteiger partial charge in [0.15, 0.2) is 5.16 Å². The highest BCUT2D eigenvalue weighted by Crippen LogP contribution is 2.18. The summed E-state index contributed by atoms with van der Waals surface area (Å²) in [6.07, 6.45) is 0.345. The van der Waals surface area contributed by atoms with E-state index >= 15 is 0 Å². The summed E-state index contributed by atoms with van der Waals surface area (Å²) >= 11 is 1.50. The van der Waals surface area contributed by atoms with Gasteiger partial charge in [0.25, 0.3) is 5.56 Å². The van der Waals surface area contributed by atoms with Gasteiger partial charge in [-0.2, -0.15) is 0 Å². The van der Waals surface area contributed by atoms with Crippen molar-refractivity contribution < 1.29 is 5.11 Å². The Morgan fingerprint density at radius 2 is 2.05 bits per heavy atom. The first-order valence-electron chi connectivity index (χ1n) is 6.08. The monoisotopic (exact) mass is 276 g/mol. The topological polar surface area (TPSA) is 66.0 Å². The van der Waals surface area contributed by atoms with Crippen LogP contribution in [-0.4, -0.2) is 21.7 Å². The molecule has 2 N–H and O–H groups in total. The van der Waals surface area contributed by atoms with Crippen LogP contribution in [0.2, 0.25) is 0 Å². The van der Waals surface area contributed by atoms with Gasteiger partial charge in [-0.05, 0) is 12.5 Å². The van der Waals surface area contributed by atoms with Crippen LogP contribution in [0.15, 0.2) is 40.3 Å². The van der Waals surface area contributed by atoms with Crippen LogP contribution in [0.1, 0.15) is 16.8 Å². The Morgan fingerprint density at radius 1 is 1.32 bits per heavy atom. The van der Waals surface area contributed by atoms with E-state index in [9.17, 15) is 4.79 Å². The van der Waals surface area contributed by atoms with Crippen molar-refractivity contribution in [2.75, 3.05) is 6.61 Å². The molecule has 0 aliphatic rings. The molecule has 0 spiro atoms. The summed E-state index contributed by atoms with van der Waals surface area (Å²) in [5, 5.41) is 9.52. The van der Waals surface area contributed by atoms with Crippen molar-refractivity contribution in [3.8, 4) is 0 Å². The minimum Gasteiger partial charge on any atom is -0.396 e. The second kappa shape index (κ2) is 6.54. The fourth-order valence-corrected chi connectivity index (χ4v) is 2.65. The lowest BCUT2D eigenvalue weighted by Gasteiger charge is -2.06. The largest absolute Gasteiger partial charge is 0.396 e. The minimum absolute atomic E-state index is 0.0396. The lowest BCUT2D eigenvalue weighted by molar-refractivity contribution is 0.298. The highest BCUT2D eigenvalue weighted by molar-refractivity contribution is 7.98. The molecule has 0 fully saturated rings. The predicted molar refractivity (Wildman–Crippen MR) is 76.4 cm³/mol. The molecule has 1 aromatic heterocycles. The van der Waals surface area contributed by atoms with Crippen molar-refractivity contribution in [3.63, 3.8) is 0 Å². The van der Waals surface area contributed by atoms with Gasteiger partial charge in [0.1, 0.15) is 0 Å². The maximum Gasteiger partial charge on any atom is 0.255 e. The van der Waals surface area contributed by atoms with Crippen LogP contribution in [0.25, 0.3) is 0 Å². The molecular weight excluding hydrogens is 260 g/mol. The molecule has 0 atom stereocenters. The Bertz CT molecular complexity index is 596. The van der Waals surface area contributed by atoms with Crippen LogP contribution in [0.5, 0.6) is 0 Å². The molecule has 1 aromatic carbocycles. The van der Waals surface area contributed by atoms with E-state index in [1.807, 2.05) is 30.3 Å². The lowest BCUT2D eigenvalue weighted by Crippen LogP contribution is -2.18. The van der Waals surface area contributed by atoms with Crippen LogP contribution in [0.3, 0.4) is 0 Å². The van der Waals surface area contributed by atoms with Crippen molar-refractivity contribution in [3.05, 3.63) is 57.5 Å². The highest BCUT2D eigenvalue weighted by Gasteiger charge is 2.08. The summed E-state index contributed by atoms with van der Waals surface area (Å²) in [6, 6.07) is 10.0. The van der Waals surface area contributed by atoms with Crippen molar-refractivity contribution in [1.29, 1.82) is 0 Å². The molecule has 0 saturated carbocycles. The average molecular weight is 276 g/mol. The van der Waals surface area contributed by atoms with Crippen LogP contribution < -0.4 is 5.56 Å². The van der Waals surface area contributed by atoms with E-state index in [1.54, 1.807) is 6.92 Å². The Balaban J connectivity index is 2.12. The zero-order valence-electron chi connectivity index (χ0n) is 10.7. The molecule has 4 nitrogen and oxygen atoms in total. The second-order valence-electron chi connectivity index (χ2n) is 4.18. The summed E-state index contributed by atoms with van der Waals surface area (Å²) in [7, 11) is 0. The maximum absolute atomic E-state index is 11.8. The van der Waals surface area contributed by atoms with E-state index in [0.29, 0.717) is 22.8 Å². The molecule has 0 saturated heterocycles. The second-order valence-corrected chi connectivity index (χ2v) is 5.15. The van der Waals surface area contributed by atoms with Gasteiger partial charge in [0.05, 0.1) is 0 Å². The zero-order chi connectivity index (χ0) is 13.7. The first-order chi connectivity index (χ1) is 9.20. The standard InChI is InChI=1S/C14H16N2O2S/c1-10-12(7-8-17)13(18)16-14(15-10)19-9-11-5-3-2-4-6-11/h2-6,17H,7-9H2,1H3,(H,15,16,18). The van der Waals surface area contributed by atoms with Gasteiger partial charge in [-0.3, -0.25) is 4.79 Å². The van der Waals surface area contributed by atoms with Gasteiger partial charge in [-0.25, -0.2) is 4.98 Å². The molecule has 100 valence electrons. The van der Waals surface area contributed by atoms with Gasteiger partial charge in [0, 0.05) is 30.0 Å². The fraction of sp³-hybridized carbons (Fsp3) is 0.286. The number of H-pyrrole nitrogens is 1. The average Bonchev–Trinajstić information content (AvgIpc) is 2.42. The SMILES string of the molecule is Cc1nc(SCc2ccccc2)[nH]c(=O)c1CCO. The van der Waals surface area contributed by atoms with Crippen LogP contribution in [0.4, 0.5) is 0 Å². The van der Waals surface area contributed by atoms with Crippen molar-refractivity contribution in [2.24, 2.45) is 0 Å². The van der Waals surface area contributed by atoms with E-state index < -0.39 is 0 Å². The van der Waals surface area contributed by atoms with Gasteiger partial charge < -0.3 is 10.1 Å². The molecule has 19 heavy (non-hydrogen) atoms. The smallest absolute Gasteiger partial charge is 0.255 e. The minimum atomic E-state index is -0.155. The number of hydrogen-bond donors (Lipinski definition) is 2. The van der Waals surface area contributed by atoms with Gasteiger partial charge >= 0.3 is 0 Å². The number of hydrogen-bond acceptors (Lipinski definition) is 4. The number of nitrogens with zero attached hydrogens (tertiary/aromatic N) is 1. The zero-order valence-corrected chi connectivity index (χ0v) is 11.5. The molecule has 0 amide bonds. The molecule has 0 radical (unpaired) electrons. The molecule has 2 rings (SSSR count). The number of aryl methyl sites for hydroxylation is 1. The summed E-state index contributed by atoms with van der Waals surface area (Å²) < 4.78 is 0. The van der Waals surface area contributed by atoms with Crippen molar-refractivity contribution in [2.45, 2.75) is 24.3 Å². The number of thioether (sulfide) groups is 1. The number of aromatic nitrogens is 2.